The van der Waals surface area contributed by atoms with E-state index in [2.05, 4.69) is 5.32 Å². The van der Waals surface area contributed by atoms with Crippen LogP contribution in [0.1, 0.15) is 18.1 Å². The number of para-hydroxylation sites is 3. The van der Waals surface area contributed by atoms with E-state index in [-0.39, 0.29) is 10.9 Å². The van der Waals surface area contributed by atoms with Crippen molar-refractivity contribution in [2.45, 2.75) is 13.8 Å². The Hall–Kier alpha value is -2.40. The zero-order valence-corrected chi connectivity index (χ0v) is 12.7. The van der Waals surface area contributed by atoms with E-state index in [0.29, 0.717) is 22.7 Å². The molecule has 5 heteroatoms. The molecule has 1 amide bonds. The van der Waals surface area contributed by atoms with Crippen LogP contribution in [0.5, 0.6) is 11.5 Å². The van der Waals surface area contributed by atoms with Crippen LogP contribution in [0.25, 0.3) is 0 Å². The van der Waals surface area contributed by atoms with Gasteiger partial charge in [-0.05, 0) is 30.7 Å². The molecule has 0 saturated carbocycles. The summed E-state index contributed by atoms with van der Waals surface area (Å²) < 4.78 is 5.95. The summed E-state index contributed by atoms with van der Waals surface area (Å²) in [6.07, 6.45) is 0. The molecule has 0 aliphatic carbocycles. The van der Waals surface area contributed by atoms with Gasteiger partial charge in [0.2, 0.25) is 5.91 Å². The van der Waals surface area contributed by atoms with E-state index in [0.717, 1.165) is 5.56 Å². The predicted octanol–water partition coefficient (Wildman–Crippen LogP) is 3.38. The Kier molecular flexibility index (Phi) is 4.55. The van der Waals surface area contributed by atoms with Gasteiger partial charge >= 0.3 is 0 Å². The van der Waals surface area contributed by atoms with Crippen molar-refractivity contribution in [2.24, 2.45) is 5.73 Å². The first-order chi connectivity index (χ1) is 9.99. The Morgan fingerprint density at radius 1 is 1.19 bits per heavy atom. The van der Waals surface area contributed by atoms with Gasteiger partial charge in [-0.15, -0.1) is 0 Å². The summed E-state index contributed by atoms with van der Waals surface area (Å²) in [5, 5.41) is 2.73. The van der Waals surface area contributed by atoms with Crippen LogP contribution in [0.2, 0.25) is 0 Å². The highest BCUT2D eigenvalue weighted by Gasteiger charge is 2.13. The number of amides is 1. The average Bonchev–Trinajstić information content (AvgIpc) is 2.42. The van der Waals surface area contributed by atoms with E-state index in [9.17, 15) is 4.79 Å². The summed E-state index contributed by atoms with van der Waals surface area (Å²) in [5.74, 6) is 0.979. The van der Waals surface area contributed by atoms with Gasteiger partial charge in [-0.3, -0.25) is 4.79 Å². The highest BCUT2D eigenvalue weighted by molar-refractivity contribution is 7.80. The average molecular weight is 300 g/mol. The van der Waals surface area contributed by atoms with Crippen LogP contribution in [-0.4, -0.2) is 10.9 Å². The first-order valence-electron chi connectivity index (χ1n) is 6.43. The third-order valence-electron chi connectivity index (χ3n) is 2.89. The molecule has 2 aromatic rings. The van der Waals surface area contributed by atoms with Gasteiger partial charge < -0.3 is 15.8 Å². The van der Waals surface area contributed by atoms with Gasteiger partial charge in [-0.2, -0.15) is 0 Å². The number of aryl methyl sites for hydroxylation is 1. The Bertz CT molecular complexity index is 698. The number of benzene rings is 2. The number of carbonyl (C=O) groups is 1. The minimum absolute atomic E-state index is 0.162. The fraction of sp³-hybridized carbons (Fsp3) is 0.125. The number of thiocarbonyl (C=S) groups is 1. The van der Waals surface area contributed by atoms with Crippen LogP contribution >= 0.6 is 12.2 Å². The number of hydrogen-bond donors (Lipinski definition) is 2. The predicted molar refractivity (Wildman–Crippen MR) is 87.9 cm³/mol. The molecule has 3 N–H and O–H groups in total. The smallest absolute Gasteiger partial charge is 0.221 e. The van der Waals surface area contributed by atoms with Gasteiger partial charge in [-0.1, -0.05) is 36.5 Å². The van der Waals surface area contributed by atoms with Crippen molar-refractivity contribution in [2.75, 3.05) is 5.32 Å². The number of nitrogens with two attached hydrogens (primary N) is 1. The van der Waals surface area contributed by atoms with Gasteiger partial charge in [0, 0.05) is 6.92 Å². The lowest BCUT2D eigenvalue weighted by Gasteiger charge is -2.15. The zero-order chi connectivity index (χ0) is 15.4. The van der Waals surface area contributed by atoms with Gasteiger partial charge in [0.15, 0.2) is 5.75 Å². The highest BCUT2D eigenvalue weighted by atomic mass is 32.1. The van der Waals surface area contributed by atoms with E-state index >= 15 is 0 Å². The van der Waals surface area contributed by atoms with Gasteiger partial charge in [-0.25, -0.2) is 0 Å². The lowest BCUT2D eigenvalue weighted by molar-refractivity contribution is -0.114. The molecule has 108 valence electrons. The number of anilines is 1. The molecule has 0 aliphatic rings. The molecule has 21 heavy (non-hydrogen) atoms. The number of hydrogen-bond acceptors (Lipinski definition) is 3. The van der Waals surface area contributed by atoms with E-state index in [1.165, 1.54) is 6.92 Å². The fourth-order valence-electron chi connectivity index (χ4n) is 1.94. The minimum atomic E-state index is -0.162. The summed E-state index contributed by atoms with van der Waals surface area (Å²) >= 11 is 5.06. The molecule has 0 atom stereocenters. The minimum Gasteiger partial charge on any atom is -0.454 e. The maximum Gasteiger partial charge on any atom is 0.221 e. The van der Waals surface area contributed by atoms with Crippen molar-refractivity contribution in [1.29, 1.82) is 0 Å². The Morgan fingerprint density at radius 2 is 1.90 bits per heavy atom. The lowest BCUT2D eigenvalue weighted by atomic mass is 10.1. The SMILES string of the molecule is CC(=O)Nc1ccccc1Oc1c(C)cccc1C(N)=S. The molecular weight excluding hydrogens is 284 g/mol. The lowest BCUT2D eigenvalue weighted by Crippen LogP contribution is -2.12. The highest BCUT2D eigenvalue weighted by Crippen LogP contribution is 2.33. The fourth-order valence-corrected chi connectivity index (χ4v) is 2.10. The molecule has 0 saturated heterocycles. The summed E-state index contributed by atoms with van der Waals surface area (Å²) in [6, 6.07) is 12.8. The van der Waals surface area contributed by atoms with E-state index < -0.39 is 0 Å². The van der Waals surface area contributed by atoms with Crippen LogP contribution in [0.15, 0.2) is 42.5 Å². The van der Waals surface area contributed by atoms with Crippen molar-refractivity contribution >= 4 is 28.8 Å². The molecule has 0 heterocycles. The van der Waals surface area contributed by atoms with Crippen molar-refractivity contribution in [3.8, 4) is 11.5 Å². The maximum absolute atomic E-state index is 11.3. The first-order valence-corrected chi connectivity index (χ1v) is 6.83. The van der Waals surface area contributed by atoms with Gasteiger partial charge in [0.1, 0.15) is 10.7 Å². The van der Waals surface area contributed by atoms with Crippen molar-refractivity contribution in [1.82, 2.24) is 0 Å². The van der Waals surface area contributed by atoms with Crippen LogP contribution in [-0.2, 0) is 4.79 Å². The van der Waals surface area contributed by atoms with Crippen LogP contribution in [0.4, 0.5) is 5.69 Å². The molecule has 0 unspecified atom stereocenters. The van der Waals surface area contributed by atoms with Crippen molar-refractivity contribution in [3.63, 3.8) is 0 Å². The molecule has 0 aliphatic heterocycles. The van der Waals surface area contributed by atoms with E-state index in [1.54, 1.807) is 12.1 Å². The number of nitrogens with one attached hydrogen (secondary N) is 1. The summed E-state index contributed by atoms with van der Waals surface area (Å²) in [4.78, 5) is 11.5. The van der Waals surface area contributed by atoms with Crippen LogP contribution in [0.3, 0.4) is 0 Å². The number of rotatable bonds is 4. The normalized spacial score (nSPS) is 10.0. The summed E-state index contributed by atoms with van der Waals surface area (Å²) in [7, 11) is 0. The number of ether oxygens (including phenoxy) is 1. The summed E-state index contributed by atoms with van der Waals surface area (Å²) in [6.45, 7) is 3.36. The third kappa shape index (κ3) is 3.58. The molecule has 0 radical (unpaired) electrons. The largest absolute Gasteiger partial charge is 0.454 e. The Morgan fingerprint density at radius 3 is 2.57 bits per heavy atom. The quantitative estimate of drug-likeness (QED) is 0.850. The van der Waals surface area contributed by atoms with Crippen molar-refractivity contribution in [3.05, 3.63) is 53.6 Å². The second-order valence-electron chi connectivity index (χ2n) is 4.60. The summed E-state index contributed by atoms with van der Waals surface area (Å²) in [5.41, 5.74) is 7.92. The van der Waals surface area contributed by atoms with Crippen LogP contribution in [0, 0.1) is 6.92 Å². The van der Waals surface area contributed by atoms with Gasteiger partial charge in [0.25, 0.3) is 0 Å². The second kappa shape index (κ2) is 6.37. The molecule has 2 aromatic carbocycles. The topological polar surface area (TPSA) is 64.3 Å². The van der Waals surface area contributed by atoms with Gasteiger partial charge in [0.05, 0.1) is 11.3 Å². The molecule has 0 fully saturated rings. The first kappa shape index (κ1) is 15.0. The Balaban J connectivity index is 2.44. The molecule has 0 bridgehead atoms. The second-order valence-corrected chi connectivity index (χ2v) is 5.04. The van der Waals surface area contributed by atoms with E-state index in [1.807, 2.05) is 37.3 Å². The molecule has 4 nitrogen and oxygen atoms in total. The monoisotopic (exact) mass is 300 g/mol. The molecule has 2 rings (SSSR count). The Labute approximate surface area is 128 Å². The standard InChI is InChI=1S/C16H16N2O2S/c1-10-6-5-7-12(16(17)21)15(10)20-14-9-4-3-8-13(14)18-11(2)19/h3-9H,1-2H3,(H2,17,21)(H,18,19). The van der Waals surface area contributed by atoms with Crippen LogP contribution < -0.4 is 15.8 Å². The third-order valence-corrected chi connectivity index (χ3v) is 3.11. The number of carbonyl (C=O) groups excluding carboxylic acids is 1. The molecule has 0 spiro atoms. The van der Waals surface area contributed by atoms with Crippen molar-refractivity contribution < 1.29 is 9.53 Å². The molecule has 0 aromatic heterocycles. The van der Waals surface area contributed by atoms with E-state index in [4.69, 9.17) is 22.7 Å². The maximum atomic E-state index is 11.3. The zero-order valence-electron chi connectivity index (χ0n) is 11.8. The molecular formula is C16H16N2O2S.